The van der Waals surface area contributed by atoms with Crippen LogP contribution in [0, 0.1) is 5.92 Å². The summed E-state index contributed by atoms with van der Waals surface area (Å²) in [5, 5.41) is 3.53. The van der Waals surface area contributed by atoms with Crippen LogP contribution in [0.1, 0.15) is 30.5 Å². The number of amides is 4. The fourth-order valence-electron chi connectivity index (χ4n) is 4.43. The topological polar surface area (TPSA) is 122 Å². The minimum atomic E-state index is -1.02. The van der Waals surface area contributed by atoms with Gasteiger partial charge in [-0.2, -0.15) is 0 Å². The average Bonchev–Trinajstić information content (AvgIpc) is 2.90. The molecule has 2 aromatic heterocycles. The first kappa shape index (κ1) is 26.4. The number of aromatic nitrogens is 2. The molecule has 0 aliphatic carbocycles. The van der Waals surface area contributed by atoms with E-state index in [0.717, 1.165) is 10.5 Å². The van der Waals surface area contributed by atoms with Gasteiger partial charge in [-0.1, -0.05) is 42.3 Å². The number of hydrogen-bond donors (Lipinski definition) is 2. The third-order valence-corrected chi connectivity index (χ3v) is 7.26. The Morgan fingerprint density at radius 1 is 1.16 bits per heavy atom. The maximum absolute atomic E-state index is 13.6. The van der Waals surface area contributed by atoms with Crippen molar-refractivity contribution in [3.63, 3.8) is 0 Å². The van der Waals surface area contributed by atoms with Crippen LogP contribution in [0.4, 0.5) is 16.3 Å². The maximum Gasteiger partial charge on any atom is 0.325 e. The third kappa shape index (κ3) is 5.38. The Bertz CT molecular complexity index is 1320. The van der Waals surface area contributed by atoms with E-state index in [0.29, 0.717) is 33.5 Å². The molecule has 37 heavy (non-hydrogen) atoms. The molecule has 3 aromatic rings. The zero-order valence-corrected chi connectivity index (χ0v) is 21.8. The summed E-state index contributed by atoms with van der Waals surface area (Å²) >= 11 is 12.5. The van der Waals surface area contributed by atoms with E-state index in [2.05, 4.69) is 15.3 Å². The Hall–Kier alpha value is -3.69. The Labute approximate surface area is 224 Å². The van der Waals surface area contributed by atoms with Gasteiger partial charge in [-0.25, -0.2) is 9.78 Å². The standard InChI is InChI=1S/C26H26Cl2N6O3/c1-3-20(17-5-4-6-19(27)22(17)28)32-26(37)34-23(25(36)33(2)16-8-10-30-11-9-16)18(24(34)35)13-15-7-12-31-21(29)14-15/h4-12,14,18,20,23H,3,13H2,1-2H3,(H2,29,31)(H,32,37)/t18-,20?,23+/m1/s1. The number of likely N-dealkylation sites (N-methyl/N-ethyl adjacent to an activating group) is 1. The minimum Gasteiger partial charge on any atom is -0.384 e. The first-order chi connectivity index (χ1) is 17.7. The van der Waals surface area contributed by atoms with Gasteiger partial charge in [0.05, 0.1) is 22.0 Å². The fourth-order valence-corrected chi connectivity index (χ4v) is 4.87. The molecule has 4 amide bonds. The number of pyridine rings is 2. The van der Waals surface area contributed by atoms with Crippen molar-refractivity contribution >= 4 is 52.6 Å². The van der Waals surface area contributed by atoms with E-state index >= 15 is 0 Å². The van der Waals surface area contributed by atoms with Crippen LogP contribution in [0.5, 0.6) is 0 Å². The van der Waals surface area contributed by atoms with Gasteiger partial charge >= 0.3 is 6.03 Å². The molecule has 3 heterocycles. The summed E-state index contributed by atoms with van der Waals surface area (Å²) in [5.41, 5.74) is 7.75. The summed E-state index contributed by atoms with van der Waals surface area (Å²) in [5.74, 6) is -1.30. The summed E-state index contributed by atoms with van der Waals surface area (Å²) in [6.45, 7) is 1.87. The quantitative estimate of drug-likeness (QED) is 0.431. The smallest absolute Gasteiger partial charge is 0.325 e. The number of urea groups is 1. The lowest BCUT2D eigenvalue weighted by molar-refractivity contribution is -0.156. The molecule has 3 N–H and O–H groups in total. The number of nitrogens with one attached hydrogen (secondary N) is 1. The van der Waals surface area contributed by atoms with Crippen molar-refractivity contribution in [1.29, 1.82) is 0 Å². The summed E-state index contributed by atoms with van der Waals surface area (Å²) in [7, 11) is 1.60. The Morgan fingerprint density at radius 3 is 2.57 bits per heavy atom. The van der Waals surface area contributed by atoms with Crippen LogP contribution in [-0.4, -0.2) is 45.8 Å². The van der Waals surface area contributed by atoms with Crippen molar-refractivity contribution in [2.75, 3.05) is 17.7 Å². The highest BCUT2D eigenvalue weighted by molar-refractivity contribution is 6.42. The Kier molecular flexibility index (Phi) is 7.94. The van der Waals surface area contributed by atoms with E-state index in [1.54, 1.807) is 68.1 Å². The first-order valence-corrected chi connectivity index (χ1v) is 12.4. The molecule has 1 saturated heterocycles. The number of β-lactam (4-membered cyclic amide) rings is 1. The third-order valence-electron chi connectivity index (χ3n) is 6.43. The molecular formula is C26H26Cl2N6O3. The molecule has 1 unspecified atom stereocenters. The second-order valence-electron chi connectivity index (χ2n) is 8.71. The highest BCUT2D eigenvalue weighted by Crippen LogP contribution is 2.35. The van der Waals surface area contributed by atoms with Gasteiger partial charge in [0.15, 0.2) is 0 Å². The molecule has 11 heteroatoms. The number of anilines is 2. The number of rotatable bonds is 7. The molecule has 1 fully saturated rings. The lowest BCUT2D eigenvalue weighted by Gasteiger charge is -2.46. The molecule has 1 aliphatic heterocycles. The van der Waals surface area contributed by atoms with Crippen LogP contribution in [0.15, 0.2) is 61.1 Å². The number of benzene rings is 1. The molecule has 4 rings (SSSR count). The van der Waals surface area contributed by atoms with Crippen molar-refractivity contribution in [3.8, 4) is 0 Å². The Morgan fingerprint density at radius 2 is 1.89 bits per heavy atom. The van der Waals surface area contributed by atoms with Gasteiger partial charge in [-0.05, 0) is 54.3 Å². The van der Waals surface area contributed by atoms with Crippen LogP contribution >= 0.6 is 23.2 Å². The van der Waals surface area contributed by atoms with Crippen molar-refractivity contribution < 1.29 is 14.4 Å². The van der Waals surface area contributed by atoms with E-state index in [1.165, 1.54) is 4.90 Å². The molecule has 3 atom stereocenters. The average molecular weight is 541 g/mol. The van der Waals surface area contributed by atoms with Gasteiger partial charge in [-0.15, -0.1) is 0 Å². The number of hydrogen-bond acceptors (Lipinski definition) is 6. The van der Waals surface area contributed by atoms with Gasteiger partial charge in [0, 0.05) is 31.3 Å². The van der Waals surface area contributed by atoms with Crippen molar-refractivity contribution in [2.45, 2.75) is 31.8 Å². The van der Waals surface area contributed by atoms with E-state index in [-0.39, 0.29) is 6.42 Å². The van der Waals surface area contributed by atoms with Gasteiger partial charge in [0.25, 0.3) is 5.91 Å². The summed E-state index contributed by atoms with van der Waals surface area (Å²) in [6.07, 6.45) is 5.38. The number of likely N-dealkylation sites (tertiary alicyclic amines) is 1. The summed E-state index contributed by atoms with van der Waals surface area (Å²) in [4.78, 5) is 50.7. The van der Waals surface area contributed by atoms with Crippen molar-refractivity contribution in [2.24, 2.45) is 5.92 Å². The monoisotopic (exact) mass is 540 g/mol. The molecule has 1 aromatic carbocycles. The van der Waals surface area contributed by atoms with Gasteiger partial charge in [-0.3, -0.25) is 19.5 Å². The second-order valence-corrected chi connectivity index (χ2v) is 9.49. The second kappa shape index (κ2) is 11.1. The van der Waals surface area contributed by atoms with Gasteiger partial charge in [0.1, 0.15) is 11.9 Å². The van der Waals surface area contributed by atoms with E-state index < -0.39 is 35.8 Å². The number of nitrogen functional groups attached to an aromatic ring is 1. The highest BCUT2D eigenvalue weighted by atomic mass is 35.5. The first-order valence-electron chi connectivity index (χ1n) is 11.7. The lowest BCUT2D eigenvalue weighted by Crippen LogP contribution is -2.70. The number of halogens is 2. The minimum absolute atomic E-state index is 0.229. The Balaban J connectivity index is 1.61. The number of carbonyl (C=O) groups excluding carboxylic acids is 3. The van der Waals surface area contributed by atoms with Crippen LogP contribution in [0.3, 0.4) is 0 Å². The van der Waals surface area contributed by atoms with Gasteiger partial charge in [0.2, 0.25) is 5.91 Å². The molecule has 192 valence electrons. The molecule has 9 nitrogen and oxygen atoms in total. The van der Waals surface area contributed by atoms with E-state index in [9.17, 15) is 14.4 Å². The zero-order chi connectivity index (χ0) is 26.7. The summed E-state index contributed by atoms with van der Waals surface area (Å²) < 4.78 is 0. The van der Waals surface area contributed by atoms with Crippen LogP contribution in [-0.2, 0) is 16.0 Å². The lowest BCUT2D eigenvalue weighted by atomic mass is 9.81. The molecule has 0 radical (unpaired) electrons. The number of imide groups is 1. The largest absolute Gasteiger partial charge is 0.384 e. The summed E-state index contributed by atoms with van der Waals surface area (Å²) in [6, 6.07) is 9.67. The van der Waals surface area contributed by atoms with Crippen LogP contribution in [0.2, 0.25) is 10.0 Å². The molecular weight excluding hydrogens is 515 g/mol. The van der Waals surface area contributed by atoms with Crippen molar-refractivity contribution in [3.05, 3.63) is 82.2 Å². The zero-order valence-electron chi connectivity index (χ0n) is 20.3. The maximum atomic E-state index is 13.6. The SMILES string of the molecule is CCC(NC(=O)N1C(=O)[C@H](Cc2ccnc(N)c2)[C@H]1C(=O)N(C)c1ccncc1)c1cccc(Cl)c1Cl. The fraction of sp³-hybridized carbons (Fsp3) is 0.269. The highest BCUT2D eigenvalue weighted by Gasteiger charge is 2.55. The van der Waals surface area contributed by atoms with Gasteiger partial charge < -0.3 is 16.0 Å². The number of nitrogens with two attached hydrogens (primary N) is 1. The molecule has 0 saturated carbocycles. The van der Waals surface area contributed by atoms with Crippen molar-refractivity contribution in [1.82, 2.24) is 20.2 Å². The van der Waals surface area contributed by atoms with E-state index in [1.807, 2.05) is 6.92 Å². The predicted molar refractivity (Wildman–Crippen MR) is 142 cm³/mol. The van der Waals surface area contributed by atoms with Crippen LogP contribution in [0.25, 0.3) is 0 Å². The predicted octanol–water partition coefficient (Wildman–Crippen LogP) is 4.26. The van der Waals surface area contributed by atoms with Crippen LogP contribution < -0.4 is 16.0 Å². The molecule has 0 bridgehead atoms. The molecule has 1 aliphatic rings. The van der Waals surface area contributed by atoms with E-state index in [4.69, 9.17) is 28.9 Å². The number of carbonyl (C=O) groups is 3. The number of nitrogens with zero attached hydrogens (tertiary/aromatic N) is 4. The normalized spacial score (nSPS) is 17.6. The molecule has 0 spiro atoms.